The van der Waals surface area contributed by atoms with Crippen molar-refractivity contribution in [2.45, 2.75) is 19.8 Å². The first-order chi connectivity index (χ1) is 8.29. The average Bonchev–Trinajstić information content (AvgIpc) is 2.38. The number of aliphatic imine (C=N–C) groups is 1. The summed E-state index contributed by atoms with van der Waals surface area (Å²) in [6.45, 7) is 2.13. The van der Waals surface area contributed by atoms with Gasteiger partial charge in [-0.05, 0) is 25.0 Å². The fourth-order valence-corrected chi connectivity index (χ4v) is 1.82. The third kappa shape index (κ3) is 3.06. The van der Waals surface area contributed by atoms with Crippen molar-refractivity contribution >= 4 is 6.21 Å². The van der Waals surface area contributed by atoms with Crippen molar-refractivity contribution in [1.82, 2.24) is 0 Å². The Morgan fingerprint density at radius 1 is 1.18 bits per heavy atom. The number of nitrogens with zero attached hydrogens (tertiary/aromatic N) is 1. The van der Waals surface area contributed by atoms with E-state index in [0.717, 1.165) is 29.9 Å². The molecule has 0 amide bonds. The van der Waals surface area contributed by atoms with Crippen LogP contribution in [-0.2, 0) is 4.74 Å². The maximum atomic E-state index is 5.36. The highest BCUT2D eigenvalue weighted by molar-refractivity contribution is 5.80. The number of hydrogen-bond donors (Lipinski definition) is 0. The molecule has 17 heavy (non-hydrogen) atoms. The first-order valence-corrected chi connectivity index (χ1v) is 5.83. The summed E-state index contributed by atoms with van der Waals surface area (Å²) < 4.78 is 5.36. The Hall–Kier alpha value is -1.83. The van der Waals surface area contributed by atoms with Crippen molar-refractivity contribution < 1.29 is 4.74 Å². The minimum absolute atomic E-state index is 0.945. The molecule has 0 N–H and O–H groups in total. The Labute approximate surface area is 102 Å². The fourth-order valence-electron chi connectivity index (χ4n) is 1.82. The summed E-state index contributed by atoms with van der Waals surface area (Å²) >= 11 is 0. The largest absolute Gasteiger partial charge is 0.499 e. The van der Waals surface area contributed by atoms with Crippen molar-refractivity contribution in [3.63, 3.8) is 0 Å². The number of benzene rings is 1. The van der Waals surface area contributed by atoms with Crippen LogP contribution < -0.4 is 0 Å². The van der Waals surface area contributed by atoms with Crippen LogP contribution in [0.4, 0.5) is 0 Å². The first-order valence-electron chi connectivity index (χ1n) is 5.83. The molecule has 1 aliphatic rings. The zero-order chi connectivity index (χ0) is 12.1. The molecule has 0 fully saturated rings. The molecular weight excluding hydrogens is 210 g/mol. The van der Waals surface area contributed by atoms with Crippen LogP contribution in [0.2, 0.25) is 0 Å². The molecule has 0 radical (unpaired) electrons. The van der Waals surface area contributed by atoms with Crippen LogP contribution in [-0.4, -0.2) is 13.3 Å². The Morgan fingerprint density at radius 3 is 2.65 bits per heavy atom. The van der Waals surface area contributed by atoms with Gasteiger partial charge in [-0.3, -0.25) is 4.99 Å². The van der Waals surface area contributed by atoms with Crippen molar-refractivity contribution in [2.24, 2.45) is 4.99 Å². The number of hydrogen-bond acceptors (Lipinski definition) is 2. The summed E-state index contributed by atoms with van der Waals surface area (Å²) in [5.74, 6) is 0.975. The van der Waals surface area contributed by atoms with Gasteiger partial charge in [0, 0.05) is 12.6 Å². The Morgan fingerprint density at radius 2 is 1.94 bits per heavy atom. The van der Waals surface area contributed by atoms with E-state index in [4.69, 9.17) is 4.74 Å². The van der Waals surface area contributed by atoms with Gasteiger partial charge in [-0.2, -0.15) is 0 Å². The van der Waals surface area contributed by atoms with E-state index >= 15 is 0 Å². The van der Waals surface area contributed by atoms with Crippen molar-refractivity contribution in [1.29, 1.82) is 0 Å². The molecular formula is C15H17NO. The highest BCUT2D eigenvalue weighted by Crippen LogP contribution is 2.24. The summed E-state index contributed by atoms with van der Waals surface area (Å²) in [5, 5.41) is 0. The van der Waals surface area contributed by atoms with Gasteiger partial charge in [0.1, 0.15) is 11.5 Å². The predicted molar refractivity (Wildman–Crippen MR) is 71.1 cm³/mol. The van der Waals surface area contributed by atoms with E-state index in [1.165, 1.54) is 5.57 Å². The van der Waals surface area contributed by atoms with Gasteiger partial charge in [-0.1, -0.05) is 35.9 Å². The second-order valence-electron chi connectivity index (χ2n) is 4.17. The van der Waals surface area contributed by atoms with Gasteiger partial charge in [0.25, 0.3) is 0 Å². The number of methoxy groups -OCH3 is 1. The minimum atomic E-state index is 0.945. The van der Waals surface area contributed by atoms with Crippen LogP contribution >= 0.6 is 0 Å². The van der Waals surface area contributed by atoms with Crippen LogP contribution in [0.5, 0.6) is 0 Å². The van der Waals surface area contributed by atoms with Crippen LogP contribution in [0, 0.1) is 0 Å². The molecule has 2 heteroatoms. The molecule has 0 aliphatic heterocycles. The Balaban J connectivity index is 2.22. The van der Waals surface area contributed by atoms with Crippen LogP contribution in [0.25, 0.3) is 0 Å². The predicted octanol–water partition coefficient (Wildman–Crippen LogP) is 3.70. The zero-order valence-electron chi connectivity index (χ0n) is 10.3. The highest BCUT2D eigenvalue weighted by Gasteiger charge is 2.10. The van der Waals surface area contributed by atoms with E-state index in [1.807, 2.05) is 36.5 Å². The lowest BCUT2D eigenvalue weighted by Crippen LogP contribution is -1.99. The maximum Gasteiger partial charge on any atom is 0.121 e. The summed E-state index contributed by atoms with van der Waals surface area (Å²) in [7, 11) is 1.71. The second kappa shape index (κ2) is 5.48. The van der Waals surface area contributed by atoms with Gasteiger partial charge >= 0.3 is 0 Å². The van der Waals surface area contributed by atoms with E-state index in [2.05, 4.69) is 18.0 Å². The molecule has 0 unspecified atom stereocenters. The smallest absolute Gasteiger partial charge is 0.121 e. The van der Waals surface area contributed by atoms with E-state index in [-0.39, 0.29) is 0 Å². The van der Waals surface area contributed by atoms with Gasteiger partial charge < -0.3 is 4.74 Å². The lowest BCUT2D eigenvalue weighted by atomic mass is 10.0. The lowest BCUT2D eigenvalue weighted by molar-refractivity contribution is 0.271. The van der Waals surface area contributed by atoms with Gasteiger partial charge in [0.2, 0.25) is 0 Å². The molecule has 0 aromatic heterocycles. The lowest BCUT2D eigenvalue weighted by Gasteiger charge is -2.14. The standard InChI is InChI=1S/C15H17NO/c1-12-8-9-15(17-2)14(10-12)16-11-13-6-4-3-5-7-13/h3-7,10-11H,8-9H2,1-2H3. The molecule has 0 bridgehead atoms. The molecule has 1 aromatic carbocycles. The van der Waals surface area contributed by atoms with Crippen LogP contribution in [0.15, 0.2) is 58.4 Å². The Kier molecular flexibility index (Phi) is 3.76. The van der Waals surface area contributed by atoms with E-state index < -0.39 is 0 Å². The Bertz CT molecular complexity index is 469. The molecule has 0 atom stereocenters. The molecule has 2 rings (SSSR count). The van der Waals surface area contributed by atoms with Gasteiger partial charge in [0.15, 0.2) is 0 Å². The SMILES string of the molecule is COC1=C(N=Cc2ccccc2)C=C(C)CC1. The normalized spacial score (nSPS) is 16.2. The quantitative estimate of drug-likeness (QED) is 0.721. The number of ether oxygens (including phenoxy) is 1. The summed E-state index contributed by atoms with van der Waals surface area (Å²) in [6.07, 6.45) is 5.99. The average molecular weight is 227 g/mol. The van der Waals surface area contributed by atoms with E-state index in [0.29, 0.717) is 0 Å². The summed E-state index contributed by atoms with van der Waals surface area (Å²) in [5.41, 5.74) is 3.40. The molecule has 2 nitrogen and oxygen atoms in total. The molecule has 0 saturated heterocycles. The molecule has 0 saturated carbocycles. The van der Waals surface area contributed by atoms with E-state index in [1.54, 1.807) is 7.11 Å². The van der Waals surface area contributed by atoms with Crippen molar-refractivity contribution in [3.8, 4) is 0 Å². The minimum Gasteiger partial charge on any atom is -0.499 e. The maximum absolute atomic E-state index is 5.36. The fraction of sp³-hybridized carbons (Fsp3) is 0.267. The topological polar surface area (TPSA) is 21.6 Å². The zero-order valence-corrected chi connectivity index (χ0v) is 10.3. The van der Waals surface area contributed by atoms with E-state index in [9.17, 15) is 0 Å². The first kappa shape index (κ1) is 11.6. The van der Waals surface area contributed by atoms with Gasteiger partial charge in [-0.15, -0.1) is 0 Å². The summed E-state index contributed by atoms with van der Waals surface area (Å²) in [4.78, 5) is 4.51. The molecule has 88 valence electrons. The second-order valence-corrected chi connectivity index (χ2v) is 4.17. The molecule has 1 aromatic rings. The van der Waals surface area contributed by atoms with Crippen molar-refractivity contribution in [3.05, 3.63) is 59.0 Å². The van der Waals surface area contributed by atoms with Gasteiger partial charge in [-0.25, -0.2) is 0 Å². The molecule has 0 spiro atoms. The number of rotatable bonds is 3. The third-order valence-corrected chi connectivity index (χ3v) is 2.81. The molecule has 0 heterocycles. The number of allylic oxidation sites excluding steroid dienone is 3. The van der Waals surface area contributed by atoms with Crippen LogP contribution in [0.3, 0.4) is 0 Å². The summed E-state index contributed by atoms with van der Waals surface area (Å²) in [6, 6.07) is 10.1. The van der Waals surface area contributed by atoms with Crippen LogP contribution in [0.1, 0.15) is 25.3 Å². The highest BCUT2D eigenvalue weighted by atomic mass is 16.5. The monoisotopic (exact) mass is 227 g/mol. The van der Waals surface area contributed by atoms with Crippen molar-refractivity contribution in [2.75, 3.05) is 7.11 Å². The van der Waals surface area contributed by atoms with Gasteiger partial charge in [0.05, 0.1) is 7.11 Å². The third-order valence-electron chi connectivity index (χ3n) is 2.81. The molecule has 1 aliphatic carbocycles.